The Kier molecular flexibility index (Phi) is 7.52. The van der Waals surface area contributed by atoms with Crippen molar-refractivity contribution in [3.05, 3.63) is 71.8 Å². The van der Waals surface area contributed by atoms with Gasteiger partial charge in [0.2, 0.25) is 0 Å². The molecule has 3 rings (SSSR count). The SMILES string of the molecule is CC(C(=O)C(Cc1ccccc1)NC(=O)c1ccccc1)C(=S)N1CCC[C@H]1C(=O)O. The Labute approximate surface area is 187 Å². The lowest BCUT2D eigenvalue weighted by Crippen LogP contribution is -2.50. The van der Waals surface area contributed by atoms with Gasteiger partial charge in [-0.15, -0.1) is 0 Å². The van der Waals surface area contributed by atoms with Gasteiger partial charge in [-0.1, -0.05) is 60.7 Å². The van der Waals surface area contributed by atoms with Crippen molar-refractivity contribution in [2.24, 2.45) is 5.92 Å². The molecule has 0 spiro atoms. The van der Waals surface area contributed by atoms with Gasteiger partial charge in [-0.3, -0.25) is 9.59 Å². The number of ketones is 1. The third kappa shape index (κ3) is 5.55. The van der Waals surface area contributed by atoms with Gasteiger partial charge in [0.25, 0.3) is 5.91 Å². The number of nitrogens with one attached hydrogen (secondary N) is 1. The van der Waals surface area contributed by atoms with Crippen LogP contribution in [0.1, 0.15) is 35.7 Å². The van der Waals surface area contributed by atoms with Crippen molar-refractivity contribution >= 4 is 34.9 Å². The molecule has 1 fully saturated rings. The van der Waals surface area contributed by atoms with Crippen LogP contribution in [0.5, 0.6) is 0 Å². The first-order valence-electron chi connectivity index (χ1n) is 10.4. The number of nitrogens with zero attached hydrogens (tertiary/aromatic N) is 1. The Hall–Kier alpha value is -3.06. The van der Waals surface area contributed by atoms with Gasteiger partial charge in [-0.05, 0) is 43.9 Å². The summed E-state index contributed by atoms with van der Waals surface area (Å²) in [6.45, 7) is 2.21. The lowest BCUT2D eigenvalue weighted by molar-refractivity contribution is -0.141. The zero-order valence-electron chi connectivity index (χ0n) is 17.4. The van der Waals surface area contributed by atoms with Crippen molar-refractivity contribution in [1.82, 2.24) is 10.2 Å². The number of rotatable bonds is 8. The summed E-state index contributed by atoms with van der Waals surface area (Å²) in [5.74, 6) is -2.19. The highest BCUT2D eigenvalue weighted by Gasteiger charge is 2.37. The van der Waals surface area contributed by atoms with E-state index in [-0.39, 0.29) is 11.7 Å². The molecule has 2 aromatic carbocycles. The fraction of sp³-hybridized carbons (Fsp3) is 0.333. The number of hydrogen-bond donors (Lipinski definition) is 2. The quantitative estimate of drug-likeness (QED) is 0.616. The highest BCUT2D eigenvalue weighted by molar-refractivity contribution is 7.80. The second-order valence-corrected chi connectivity index (χ2v) is 8.15. The van der Waals surface area contributed by atoms with Crippen LogP contribution in [0, 0.1) is 5.92 Å². The number of carbonyl (C=O) groups excluding carboxylic acids is 2. The van der Waals surface area contributed by atoms with E-state index in [0.29, 0.717) is 29.9 Å². The van der Waals surface area contributed by atoms with Gasteiger partial charge < -0.3 is 15.3 Å². The van der Waals surface area contributed by atoms with Crippen molar-refractivity contribution in [3.8, 4) is 0 Å². The van der Waals surface area contributed by atoms with E-state index in [0.717, 1.165) is 12.0 Å². The van der Waals surface area contributed by atoms with Crippen molar-refractivity contribution in [2.75, 3.05) is 6.54 Å². The van der Waals surface area contributed by atoms with Gasteiger partial charge >= 0.3 is 5.97 Å². The first-order chi connectivity index (χ1) is 14.9. The molecule has 6 nitrogen and oxygen atoms in total. The summed E-state index contributed by atoms with van der Waals surface area (Å²) in [6, 6.07) is 16.7. The predicted octanol–water partition coefficient (Wildman–Crippen LogP) is 3.11. The highest BCUT2D eigenvalue weighted by Crippen LogP contribution is 2.22. The van der Waals surface area contributed by atoms with E-state index in [2.05, 4.69) is 5.32 Å². The predicted molar refractivity (Wildman–Crippen MR) is 122 cm³/mol. The number of thiocarbonyl (C=S) groups is 1. The average Bonchev–Trinajstić information content (AvgIpc) is 3.29. The Morgan fingerprint density at radius 2 is 1.71 bits per heavy atom. The summed E-state index contributed by atoms with van der Waals surface area (Å²) in [6.07, 6.45) is 1.55. The number of amides is 1. The number of aliphatic carboxylic acids is 1. The maximum Gasteiger partial charge on any atom is 0.326 e. The van der Waals surface area contributed by atoms with Crippen LogP contribution in [0.3, 0.4) is 0 Å². The largest absolute Gasteiger partial charge is 0.480 e. The summed E-state index contributed by atoms with van der Waals surface area (Å²) in [4.78, 5) is 39.7. The number of hydrogen-bond acceptors (Lipinski definition) is 4. The third-order valence-electron chi connectivity index (χ3n) is 5.59. The molecule has 2 unspecified atom stereocenters. The minimum atomic E-state index is -0.933. The Morgan fingerprint density at radius 1 is 1.10 bits per heavy atom. The van der Waals surface area contributed by atoms with Gasteiger partial charge in [-0.2, -0.15) is 0 Å². The average molecular weight is 439 g/mol. The molecule has 162 valence electrons. The molecule has 0 aromatic heterocycles. The highest BCUT2D eigenvalue weighted by atomic mass is 32.1. The molecule has 0 radical (unpaired) electrons. The number of carboxylic acid groups (broad SMARTS) is 1. The van der Waals surface area contributed by atoms with E-state index in [1.54, 1.807) is 36.1 Å². The zero-order chi connectivity index (χ0) is 22.4. The van der Waals surface area contributed by atoms with Crippen LogP contribution in [-0.4, -0.2) is 51.3 Å². The van der Waals surface area contributed by atoms with Crippen LogP contribution in [0.2, 0.25) is 0 Å². The number of carboxylic acids is 1. The summed E-state index contributed by atoms with van der Waals surface area (Å²) in [5.41, 5.74) is 1.38. The van der Waals surface area contributed by atoms with E-state index < -0.39 is 24.0 Å². The van der Waals surface area contributed by atoms with Gasteiger partial charge in [0.05, 0.1) is 16.9 Å². The van der Waals surface area contributed by atoms with Crippen LogP contribution in [0.4, 0.5) is 0 Å². The van der Waals surface area contributed by atoms with Crippen molar-refractivity contribution in [2.45, 2.75) is 38.3 Å². The minimum Gasteiger partial charge on any atom is -0.480 e. The summed E-state index contributed by atoms with van der Waals surface area (Å²) in [7, 11) is 0. The second-order valence-electron chi connectivity index (χ2n) is 7.73. The molecule has 1 amide bonds. The lowest BCUT2D eigenvalue weighted by Gasteiger charge is -2.29. The Balaban J connectivity index is 1.79. The first-order valence-corrected chi connectivity index (χ1v) is 10.8. The molecule has 0 aliphatic carbocycles. The minimum absolute atomic E-state index is 0.228. The molecule has 2 N–H and O–H groups in total. The summed E-state index contributed by atoms with van der Waals surface area (Å²) in [5, 5.41) is 12.3. The smallest absolute Gasteiger partial charge is 0.326 e. The van der Waals surface area contributed by atoms with Crippen molar-refractivity contribution in [1.29, 1.82) is 0 Å². The molecule has 7 heteroatoms. The molecule has 1 aliphatic rings. The number of benzene rings is 2. The normalized spacial score (nSPS) is 17.6. The van der Waals surface area contributed by atoms with E-state index in [1.165, 1.54) is 0 Å². The van der Waals surface area contributed by atoms with Gasteiger partial charge in [0.1, 0.15) is 6.04 Å². The number of Topliss-reactive ketones (excluding diaryl/α,β-unsaturated/α-hetero) is 1. The van der Waals surface area contributed by atoms with Crippen LogP contribution >= 0.6 is 12.2 Å². The molecule has 1 saturated heterocycles. The van der Waals surface area contributed by atoms with Crippen LogP contribution in [0.15, 0.2) is 60.7 Å². The maximum atomic E-state index is 13.4. The third-order valence-corrected chi connectivity index (χ3v) is 6.17. The van der Waals surface area contributed by atoms with Crippen LogP contribution in [-0.2, 0) is 16.0 Å². The second kappa shape index (κ2) is 10.3. The fourth-order valence-electron chi connectivity index (χ4n) is 3.86. The molecule has 1 heterocycles. The molecular weight excluding hydrogens is 412 g/mol. The molecular formula is C24H26N2O4S. The Morgan fingerprint density at radius 3 is 2.32 bits per heavy atom. The van der Waals surface area contributed by atoms with E-state index in [1.807, 2.05) is 36.4 Å². The maximum absolute atomic E-state index is 13.4. The standard InChI is InChI=1S/C24H26N2O4S/c1-16(23(31)26-14-8-13-20(26)24(29)30)21(27)19(15-17-9-4-2-5-10-17)25-22(28)18-11-6-3-7-12-18/h2-7,9-12,16,19-20H,8,13-15H2,1H3,(H,25,28)(H,29,30)/t16?,19?,20-/m0/s1. The topological polar surface area (TPSA) is 86.7 Å². The molecule has 3 atom stereocenters. The monoisotopic (exact) mass is 438 g/mol. The van der Waals surface area contributed by atoms with Crippen LogP contribution < -0.4 is 5.32 Å². The molecule has 0 saturated carbocycles. The lowest BCUT2D eigenvalue weighted by atomic mass is 9.93. The van der Waals surface area contributed by atoms with Gasteiger partial charge in [-0.25, -0.2) is 4.79 Å². The van der Waals surface area contributed by atoms with Gasteiger partial charge in [0, 0.05) is 12.1 Å². The number of likely N-dealkylation sites (tertiary alicyclic amines) is 1. The van der Waals surface area contributed by atoms with Gasteiger partial charge in [0.15, 0.2) is 5.78 Å². The van der Waals surface area contributed by atoms with Crippen molar-refractivity contribution in [3.63, 3.8) is 0 Å². The zero-order valence-corrected chi connectivity index (χ0v) is 18.2. The molecule has 2 aromatic rings. The Bertz CT molecular complexity index is 949. The molecule has 1 aliphatic heterocycles. The van der Waals surface area contributed by atoms with E-state index in [4.69, 9.17) is 12.2 Å². The van der Waals surface area contributed by atoms with E-state index in [9.17, 15) is 19.5 Å². The first kappa shape index (κ1) is 22.6. The fourth-order valence-corrected chi connectivity index (χ4v) is 4.20. The van der Waals surface area contributed by atoms with Crippen molar-refractivity contribution < 1.29 is 19.5 Å². The van der Waals surface area contributed by atoms with Crippen LogP contribution in [0.25, 0.3) is 0 Å². The molecule has 31 heavy (non-hydrogen) atoms. The van der Waals surface area contributed by atoms with E-state index >= 15 is 0 Å². The molecule has 0 bridgehead atoms. The summed E-state index contributed by atoms with van der Waals surface area (Å²) >= 11 is 5.53. The summed E-state index contributed by atoms with van der Waals surface area (Å²) < 4.78 is 0. The number of carbonyl (C=O) groups is 3.